The average molecular weight is 443 g/mol. The smallest absolute Gasteiger partial charge is 0.259 e. The number of nitrogens with two attached hydrogens (primary N) is 1. The van der Waals surface area contributed by atoms with Crippen molar-refractivity contribution in [2.45, 2.75) is 19.4 Å². The zero-order valence-electron chi connectivity index (χ0n) is 18.4. The third-order valence-corrected chi connectivity index (χ3v) is 5.58. The lowest BCUT2D eigenvalue weighted by molar-refractivity contribution is -0.117. The number of nitrogens with zero attached hydrogens (tertiary/aromatic N) is 1. The molecule has 4 N–H and O–H groups in total. The lowest BCUT2D eigenvalue weighted by atomic mass is 9.97. The minimum Gasteiger partial charge on any atom is -0.351 e. The Morgan fingerprint density at radius 2 is 1.79 bits per heavy atom. The number of benzene rings is 3. The number of fused-ring (bicyclic) bond motifs is 1. The topological polar surface area (TPSA) is 105 Å². The molecule has 0 radical (unpaired) electrons. The maximum Gasteiger partial charge on any atom is 0.259 e. The molecule has 0 fully saturated rings. The highest BCUT2D eigenvalue weighted by molar-refractivity contribution is 6.17. The first-order valence-electron chi connectivity index (χ1n) is 10.9. The van der Waals surface area contributed by atoms with Gasteiger partial charge < -0.3 is 16.4 Å². The van der Waals surface area contributed by atoms with Crippen LogP contribution in [0.2, 0.25) is 0 Å². The third kappa shape index (κ3) is 4.78. The van der Waals surface area contributed by atoms with Crippen LogP contribution in [0.15, 0.2) is 72.8 Å². The normalized spacial score (nSPS) is 14.9. The number of rotatable bonds is 6. The number of carbonyl (C=O) groups is 3. The van der Waals surface area contributed by atoms with Crippen LogP contribution in [0.1, 0.15) is 31.8 Å². The Kier molecular flexibility index (Phi) is 6.51. The van der Waals surface area contributed by atoms with Gasteiger partial charge in [0.15, 0.2) is 0 Å². The van der Waals surface area contributed by atoms with E-state index in [1.165, 1.54) is 4.90 Å². The van der Waals surface area contributed by atoms with Gasteiger partial charge in [-0.1, -0.05) is 48.0 Å². The van der Waals surface area contributed by atoms with Crippen molar-refractivity contribution in [3.63, 3.8) is 0 Å². The molecule has 3 aromatic rings. The van der Waals surface area contributed by atoms with Gasteiger partial charge in [0.25, 0.3) is 11.8 Å². The van der Waals surface area contributed by atoms with E-state index >= 15 is 0 Å². The molecule has 0 spiro atoms. The van der Waals surface area contributed by atoms with Crippen molar-refractivity contribution in [3.8, 4) is 0 Å². The summed E-state index contributed by atoms with van der Waals surface area (Å²) in [5.41, 5.74) is 9.22. The number of nitrogens with one attached hydrogen (secondary N) is 2. The summed E-state index contributed by atoms with van der Waals surface area (Å²) in [6.07, 6.45) is 0.363. The molecule has 33 heavy (non-hydrogen) atoms. The molecule has 0 aromatic heterocycles. The third-order valence-electron chi connectivity index (χ3n) is 5.58. The Morgan fingerprint density at radius 3 is 2.52 bits per heavy atom. The predicted molar refractivity (Wildman–Crippen MR) is 128 cm³/mol. The quantitative estimate of drug-likeness (QED) is 0.546. The lowest BCUT2D eigenvalue weighted by Crippen LogP contribution is -2.52. The molecular formula is C26H26N4O3. The molecule has 1 heterocycles. The fraction of sp³-hybridized carbons (Fsp3) is 0.192. The van der Waals surface area contributed by atoms with Gasteiger partial charge in [-0.2, -0.15) is 0 Å². The summed E-state index contributed by atoms with van der Waals surface area (Å²) in [6.45, 7) is 2.59. The van der Waals surface area contributed by atoms with Crippen molar-refractivity contribution < 1.29 is 14.4 Å². The largest absolute Gasteiger partial charge is 0.351 e. The SMILES string of the molecule is Cc1cccc(C(=O)N2c3ccc(C(=O)NCCN)cc3NC(=O)C2Cc2ccccc2)c1. The minimum atomic E-state index is -0.732. The van der Waals surface area contributed by atoms with E-state index < -0.39 is 6.04 Å². The molecule has 168 valence electrons. The maximum absolute atomic E-state index is 13.7. The summed E-state index contributed by atoms with van der Waals surface area (Å²) in [5, 5.41) is 5.61. The molecular weight excluding hydrogens is 416 g/mol. The Balaban J connectivity index is 1.76. The lowest BCUT2D eigenvalue weighted by Gasteiger charge is -2.37. The Morgan fingerprint density at radius 1 is 1.00 bits per heavy atom. The summed E-state index contributed by atoms with van der Waals surface area (Å²) in [6, 6.07) is 21.1. The van der Waals surface area contributed by atoms with E-state index in [-0.39, 0.29) is 17.7 Å². The van der Waals surface area contributed by atoms with Crippen molar-refractivity contribution in [3.05, 3.63) is 95.1 Å². The van der Waals surface area contributed by atoms with E-state index in [4.69, 9.17) is 5.73 Å². The van der Waals surface area contributed by atoms with Crippen molar-refractivity contribution in [1.29, 1.82) is 0 Å². The van der Waals surface area contributed by atoms with E-state index in [0.717, 1.165) is 11.1 Å². The fourth-order valence-electron chi connectivity index (χ4n) is 3.97. The van der Waals surface area contributed by atoms with Gasteiger partial charge in [0.05, 0.1) is 11.4 Å². The van der Waals surface area contributed by atoms with Crippen LogP contribution >= 0.6 is 0 Å². The monoisotopic (exact) mass is 442 g/mol. The molecule has 4 rings (SSSR count). The van der Waals surface area contributed by atoms with Gasteiger partial charge in [-0.25, -0.2) is 0 Å². The zero-order valence-corrected chi connectivity index (χ0v) is 18.4. The first-order chi connectivity index (χ1) is 16.0. The first kappa shape index (κ1) is 22.2. The van der Waals surface area contributed by atoms with Crippen LogP contribution < -0.4 is 21.3 Å². The second-order valence-electron chi connectivity index (χ2n) is 8.02. The number of anilines is 2. The van der Waals surface area contributed by atoms with Gasteiger partial charge in [-0.15, -0.1) is 0 Å². The van der Waals surface area contributed by atoms with E-state index in [1.807, 2.05) is 55.5 Å². The van der Waals surface area contributed by atoms with Crippen molar-refractivity contribution in [2.24, 2.45) is 5.73 Å². The van der Waals surface area contributed by atoms with Gasteiger partial charge >= 0.3 is 0 Å². The summed E-state index contributed by atoms with van der Waals surface area (Å²) in [4.78, 5) is 40.8. The summed E-state index contributed by atoms with van der Waals surface area (Å²) >= 11 is 0. The van der Waals surface area contributed by atoms with Gasteiger partial charge in [-0.3, -0.25) is 19.3 Å². The molecule has 3 amide bonds. The highest BCUT2D eigenvalue weighted by atomic mass is 16.2. The summed E-state index contributed by atoms with van der Waals surface area (Å²) in [7, 11) is 0. The van der Waals surface area contributed by atoms with Crippen molar-refractivity contribution in [1.82, 2.24) is 5.32 Å². The summed E-state index contributed by atoms with van der Waals surface area (Å²) < 4.78 is 0. The Hall–Kier alpha value is -3.97. The Labute approximate surface area is 192 Å². The van der Waals surface area contributed by atoms with Crippen LogP contribution in [0.3, 0.4) is 0 Å². The number of hydrogen-bond acceptors (Lipinski definition) is 4. The number of hydrogen-bond donors (Lipinski definition) is 3. The van der Waals surface area contributed by atoms with Gasteiger partial charge in [0.1, 0.15) is 6.04 Å². The first-order valence-corrected chi connectivity index (χ1v) is 10.9. The molecule has 0 saturated carbocycles. The molecule has 0 aliphatic carbocycles. The molecule has 7 heteroatoms. The molecule has 3 aromatic carbocycles. The van der Waals surface area contributed by atoms with Crippen molar-refractivity contribution in [2.75, 3.05) is 23.3 Å². The van der Waals surface area contributed by atoms with Gasteiger partial charge in [-0.05, 0) is 42.8 Å². The summed E-state index contributed by atoms with van der Waals surface area (Å²) in [5.74, 6) is -0.858. The Bertz CT molecular complexity index is 1190. The number of aryl methyl sites for hydroxylation is 1. The van der Waals surface area contributed by atoms with E-state index in [2.05, 4.69) is 10.6 Å². The number of carbonyl (C=O) groups excluding carboxylic acids is 3. The zero-order chi connectivity index (χ0) is 23.4. The minimum absolute atomic E-state index is 0.268. The van der Waals surface area contributed by atoms with E-state index in [9.17, 15) is 14.4 Å². The van der Waals surface area contributed by atoms with E-state index in [1.54, 1.807) is 24.3 Å². The molecule has 7 nitrogen and oxygen atoms in total. The molecule has 1 aliphatic heterocycles. The highest BCUT2D eigenvalue weighted by Crippen LogP contribution is 2.35. The number of amides is 3. The predicted octanol–water partition coefficient (Wildman–Crippen LogP) is 2.89. The second-order valence-corrected chi connectivity index (χ2v) is 8.02. The maximum atomic E-state index is 13.7. The van der Waals surface area contributed by atoms with Crippen LogP contribution in [-0.4, -0.2) is 36.9 Å². The molecule has 1 unspecified atom stereocenters. The molecule has 1 aliphatic rings. The average Bonchev–Trinajstić information content (AvgIpc) is 2.83. The molecule has 0 saturated heterocycles. The van der Waals surface area contributed by atoms with Crippen LogP contribution in [0.4, 0.5) is 11.4 Å². The molecule has 0 bridgehead atoms. The fourth-order valence-corrected chi connectivity index (χ4v) is 3.97. The highest BCUT2D eigenvalue weighted by Gasteiger charge is 2.37. The standard InChI is InChI=1S/C26H26N4O3/c1-17-6-5-9-20(14-17)26(33)30-22-11-10-19(24(31)28-13-12-27)16-21(22)29-25(32)23(30)15-18-7-3-2-4-8-18/h2-11,14,16,23H,12-13,15,27H2,1H3,(H,28,31)(H,29,32). The van der Waals surface area contributed by atoms with Crippen LogP contribution in [-0.2, 0) is 11.2 Å². The molecule has 1 atom stereocenters. The van der Waals surface area contributed by atoms with Gasteiger partial charge in [0, 0.05) is 30.6 Å². The van der Waals surface area contributed by atoms with Crippen LogP contribution in [0, 0.1) is 6.92 Å². The van der Waals surface area contributed by atoms with Gasteiger partial charge in [0.2, 0.25) is 5.91 Å². The van der Waals surface area contributed by atoms with Crippen LogP contribution in [0.25, 0.3) is 0 Å². The van der Waals surface area contributed by atoms with Crippen molar-refractivity contribution >= 4 is 29.1 Å². The van der Waals surface area contributed by atoms with Crippen LogP contribution in [0.5, 0.6) is 0 Å². The second kappa shape index (κ2) is 9.67. The van der Waals surface area contributed by atoms with E-state index in [0.29, 0.717) is 42.0 Å².